The summed E-state index contributed by atoms with van der Waals surface area (Å²) in [7, 11) is 0. The number of carboxylic acid groups (broad SMARTS) is 1. The molecule has 0 spiro atoms. The largest absolute Gasteiger partial charge is 1.00 e. The van der Waals surface area contributed by atoms with E-state index in [0.717, 1.165) is 0 Å². The van der Waals surface area contributed by atoms with Crippen molar-refractivity contribution in [2.45, 2.75) is 6.54 Å². The molecule has 0 radical (unpaired) electrons. The molecule has 0 aliphatic carbocycles. The van der Waals surface area contributed by atoms with Crippen molar-refractivity contribution in [3.63, 3.8) is 0 Å². The standard InChI is InChI=1S/C15H11NO3.Na.H/c17-14(18)9-16-12-7-3-1-5-10(12)15(19)11-6-2-4-8-13(11)16;;/h1-8H,9H2,(H,17,18);;/q;+1;-1. The summed E-state index contributed by atoms with van der Waals surface area (Å²) in [6.45, 7) is -0.165. The van der Waals surface area contributed by atoms with Gasteiger partial charge in [-0.25, -0.2) is 0 Å². The SMILES string of the molecule is O=C(O)Cn1c2ccccc2c(=O)c2ccccc21.[H-].[Na+]. The summed E-state index contributed by atoms with van der Waals surface area (Å²) < 4.78 is 1.66. The number of carboxylic acids is 1. The van der Waals surface area contributed by atoms with Gasteiger partial charge in [-0.3, -0.25) is 9.59 Å². The zero-order valence-corrected chi connectivity index (χ0v) is 13.0. The number of benzene rings is 2. The van der Waals surface area contributed by atoms with Crippen LogP contribution < -0.4 is 35.0 Å². The van der Waals surface area contributed by atoms with Gasteiger partial charge in [0.05, 0.1) is 11.0 Å². The van der Waals surface area contributed by atoms with Crippen molar-refractivity contribution in [1.29, 1.82) is 0 Å². The molecule has 1 N–H and O–H groups in total. The smallest absolute Gasteiger partial charge is 1.00 e. The van der Waals surface area contributed by atoms with Crippen molar-refractivity contribution in [2.24, 2.45) is 0 Å². The molecule has 0 fully saturated rings. The van der Waals surface area contributed by atoms with E-state index in [-0.39, 0.29) is 43.0 Å². The quantitative estimate of drug-likeness (QED) is 0.500. The molecule has 20 heavy (non-hydrogen) atoms. The zero-order valence-electron chi connectivity index (χ0n) is 12.0. The second-order valence-corrected chi connectivity index (χ2v) is 4.34. The van der Waals surface area contributed by atoms with Gasteiger partial charge in [0.1, 0.15) is 6.54 Å². The number of aliphatic carboxylic acids is 1. The van der Waals surface area contributed by atoms with E-state index >= 15 is 0 Å². The molecule has 1 heterocycles. The van der Waals surface area contributed by atoms with E-state index in [4.69, 9.17) is 5.11 Å². The molecule has 0 unspecified atom stereocenters. The van der Waals surface area contributed by atoms with E-state index in [1.54, 1.807) is 53.1 Å². The van der Waals surface area contributed by atoms with Gasteiger partial charge in [-0.15, -0.1) is 0 Å². The van der Waals surface area contributed by atoms with Crippen LogP contribution in [0.4, 0.5) is 0 Å². The van der Waals surface area contributed by atoms with Gasteiger partial charge in [0.2, 0.25) is 0 Å². The Bertz CT molecular complexity index is 800. The molecule has 3 aromatic rings. The fourth-order valence-corrected chi connectivity index (χ4v) is 2.38. The third kappa shape index (κ3) is 2.38. The average molecular weight is 277 g/mol. The van der Waals surface area contributed by atoms with Crippen molar-refractivity contribution in [1.82, 2.24) is 4.57 Å². The Morgan fingerprint density at radius 2 is 1.45 bits per heavy atom. The summed E-state index contributed by atoms with van der Waals surface area (Å²) in [5, 5.41) is 10.1. The van der Waals surface area contributed by atoms with Gasteiger partial charge in [0.15, 0.2) is 5.43 Å². The minimum atomic E-state index is -0.932. The van der Waals surface area contributed by atoms with Crippen LogP contribution in [0.15, 0.2) is 53.3 Å². The Morgan fingerprint density at radius 1 is 1.00 bits per heavy atom. The second-order valence-electron chi connectivity index (χ2n) is 4.34. The van der Waals surface area contributed by atoms with E-state index < -0.39 is 5.97 Å². The molecule has 5 heteroatoms. The number of nitrogens with zero attached hydrogens (tertiary/aromatic N) is 1. The van der Waals surface area contributed by atoms with E-state index in [0.29, 0.717) is 21.8 Å². The number of hydrogen-bond acceptors (Lipinski definition) is 2. The number of hydrogen-bond donors (Lipinski definition) is 1. The number of aromatic nitrogens is 1. The monoisotopic (exact) mass is 277 g/mol. The maximum Gasteiger partial charge on any atom is 1.00 e. The van der Waals surface area contributed by atoms with Crippen LogP contribution in [-0.4, -0.2) is 15.6 Å². The molecule has 0 bridgehead atoms. The van der Waals surface area contributed by atoms with Gasteiger partial charge >= 0.3 is 35.5 Å². The predicted molar refractivity (Wildman–Crippen MR) is 74.5 cm³/mol. The van der Waals surface area contributed by atoms with E-state index in [1.165, 1.54) is 0 Å². The number of para-hydroxylation sites is 2. The van der Waals surface area contributed by atoms with Crippen LogP contribution in [0.2, 0.25) is 0 Å². The van der Waals surface area contributed by atoms with Gasteiger partial charge in [-0.2, -0.15) is 0 Å². The topological polar surface area (TPSA) is 59.3 Å². The Labute approximate surface area is 138 Å². The number of pyridine rings is 1. The minimum Gasteiger partial charge on any atom is -1.00 e. The molecule has 2 aromatic carbocycles. The van der Waals surface area contributed by atoms with Crippen LogP contribution in [0.3, 0.4) is 0 Å². The first-order valence-corrected chi connectivity index (χ1v) is 5.90. The van der Waals surface area contributed by atoms with Crippen molar-refractivity contribution in [2.75, 3.05) is 0 Å². The molecule has 96 valence electrons. The molecule has 0 aliphatic heterocycles. The van der Waals surface area contributed by atoms with Gasteiger partial charge in [-0.1, -0.05) is 24.3 Å². The molecule has 0 saturated carbocycles. The molecule has 0 amide bonds. The number of carbonyl (C=O) groups is 1. The molecule has 1 aromatic heterocycles. The Hall–Kier alpha value is -1.62. The summed E-state index contributed by atoms with van der Waals surface area (Å²) in [5.74, 6) is -0.932. The maximum atomic E-state index is 12.4. The fourth-order valence-electron chi connectivity index (χ4n) is 2.38. The molecule has 0 aliphatic rings. The van der Waals surface area contributed by atoms with Gasteiger partial charge < -0.3 is 11.1 Å². The van der Waals surface area contributed by atoms with Gasteiger partial charge in [0.25, 0.3) is 0 Å². The minimum absolute atomic E-state index is 0. The summed E-state index contributed by atoms with van der Waals surface area (Å²) >= 11 is 0. The second kappa shape index (κ2) is 5.79. The van der Waals surface area contributed by atoms with Crippen LogP contribution in [0.25, 0.3) is 21.8 Å². The first-order valence-electron chi connectivity index (χ1n) is 5.90. The normalized spacial score (nSPS) is 10.4. The van der Waals surface area contributed by atoms with Crippen molar-refractivity contribution in [3.8, 4) is 0 Å². The summed E-state index contributed by atoms with van der Waals surface area (Å²) in [6.07, 6.45) is 0. The molecular formula is C15H12NNaO3. The Balaban J connectivity index is 0.00000110. The van der Waals surface area contributed by atoms with E-state index in [9.17, 15) is 9.59 Å². The fraction of sp³-hybridized carbons (Fsp3) is 0.0667. The number of rotatable bonds is 2. The molecule has 4 nitrogen and oxygen atoms in total. The Kier molecular flexibility index (Phi) is 4.28. The summed E-state index contributed by atoms with van der Waals surface area (Å²) in [6, 6.07) is 14.2. The van der Waals surface area contributed by atoms with Gasteiger partial charge in [0, 0.05) is 10.8 Å². The van der Waals surface area contributed by atoms with Gasteiger partial charge in [-0.05, 0) is 24.3 Å². The van der Waals surface area contributed by atoms with Crippen LogP contribution in [0.5, 0.6) is 0 Å². The molecule has 0 saturated heterocycles. The van der Waals surface area contributed by atoms with Crippen molar-refractivity contribution in [3.05, 3.63) is 58.8 Å². The van der Waals surface area contributed by atoms with Crippen LogP contribution >= 0.6 is 0 Å². The number of fused-ring (bicyclic) bond motifs is 2. The third-order valence-electron chi connectivity index (χ3n) is 3.17. The first-order chi connectivity index (χ1) is 9.18. The van der Waals surface area contributed by atoms with Crippen LogP contribution in [0, 0.1) is 0 Å². The molecular weight excluding hydrogens is 265 g/mol. The molecule has 0 atom stereocenters. The van der Waals surface area contributed by atoms with Crippen LogP contribution in [0.1, 0.15) is 1.43 Å². The van der Waals surface area contributed by atoms with Crippen molar-refractivity contribution >= 4 is 27.8 Å². The van der Waals surface area contributed by atoms with Crippen LogP contribution in [-0.2, 0) is 11.3 Å². The average Bonchev–Trinajstić information content (AvgIpc) is 2.43. The molecule has 3 rings (SSSR count). The summed E-state index contributed by atoms with van der Waals surface area (Å²) in [5.41, 5.74) is 1.23. The summed E-state index contributed by atoms with van der Waals surface area (Å²) in [4.78, 5) is 23.4. The van der Waals surface area contributed by atoms with E-state index in [2.05, 4.69) is 0 Å². The zero-order chi connectivity index (χ0) is 13.4. The Morgan fingerprint density at radius 3 is 1.90 bits per heavy atom. The maximum absolute atomic E-state index is 12.4. The van der Waals surface area contributed by atoms with E-state index in [1.807, 2.05) is 0 Å². The third-order valence-corrected chi connectivity index (χ3v) is 3.17. The predicted octanol–water partition coefficient (Wildman–Crippen LogP) is -0.644. The first kappa shape index (κ1) is 14.8. The van der Waals surface area contributed by atoms with Crippen molar-refractivity contribution < 1.29 is 40.9 Å².